The molecule has 0 radical (unpaired) electrons. The lowest BCUT2D eigenvalue weighted by atomic mass is 10.1. The van der Waals surface area contributed by atoms with Crippen molar-refractivity contribution >= 4 is 24.0 Å². The molecule has 1 aliphatic heterocycles. The number of rotatable bonds is 2. The van der Waals surface area contributed by atoms with Gasteiger partial charge in [-0.05, 0) is 26.3 Å². The molecular weight excluding hydrogens is 270 g/mol. The standard InChI is InChI=1S/C15H17N3O3/c1-4-6-11-10(5-2)15(21)18(9(3)16-11)12-7-8-13(19)17-14(12)20/h4-6,12H,1,7-8H2,2-3H3,(H,17,19,20)/b10-5+,11-6+. The Labute approximate surface area is 121 Å². The maximum atomic E-state index is 12.6. The Morgan fingerprint density at radius 2 is 2.10 bits per heavy atom. The summed E-state index contributed by atoms with van der Waals surface area (Å²) in [6.45, 7) is 7.01. The Morgan fingerprint density at radius 3 is 2.67 bits per heavy atom. The van der Waals surface area contributed by atoms with Crippen LogP contribution in [0.4, 0.5) is 0 Å². The first kappa shape index (κ1) is 14.9. The first-order valence-electron chi connectivity index (χ1n) is 6.71. The minimum atomic E-state index is -0.695. The zero-order valence-corrected chi connectivity index (χ0v) is 12.0. The highest BCUT2D eigenvalue weighted by Gasteiger charge is 2.30. The number of carbonyl (C=O) groups excluding carboxylic acids is 2. The van der Waals surface area contributed by atoms with Crippen LogP contribution in [0.1, 0.15) is 31.6 Å². The molecular formula is C15H17N3O3. The smallest absolute Gasteiger partial charge is 0.261 e. The Hall–Kier alpha value is -2.50. The molecule has 6 heteroatoms. The first-order valence-corrected chi connectivity index (χ1v) is 6.71. The first-order chi connectivity index (χ1) is 9.99. The molecule has 1 N–H and O–H groups in total. The number of piperidine rings is 1. The van der Waals surface area contributed by atoms with Crippen LogP contribution in [0.15, 0.2) is 17.4 Å². The van der Waals surface area contributed by atoms with E-state index in [0.29, 0.717) is 22.8 Å². The molecule has 21 heavy (non-hydrogen) atoms. The third-order valence-corrected chi connectivity index (χ3v) is 3.44. The summed E-state index contributed by atoms with van der Waals surface area (Å²) in [5.41, 5.74) is -0.285. The van der Waals surface area contributed by atoms with Crippen molar-refractivity contribution in [3.8, 4) is 0 Å². The largest absolute Gasteiger partial charge is 0.295 e. The fourth-order valence-corrected chi connectivity index (χ4v) is 2.48. The second kappa shape index (κ2) is 5.87. The Balaban J connectivity index is 2.69. The lowest BCUT2D eigenvalue weighted by Crippen LogP contribution is -2.52. The normalized spacial score (nSPS) is 20.6. The van der Waals surface area contributed by atoms with Gasteiger partial charge in [-0.1, -0.05) is 18.7 Å². The Kier molecular flexibility index (Phi) is 4.16. The van der Waals surface area contributed by atoms with Gasteiger partial charge in [-0.15, -0.1) is 0 Å². The molecule has 0 aromatic carbocycles. The monoisotopic (exact) mass is 287 g/mol. The molecule has 1 saturated heterocycles. The second-order valence-corrected chi connectivity index (χ2v) is 4.79. The molecule has 1 atom stereocenters. The van der Waals surface area contributed by atoms with Crippen molar-refractivity contribution in [1.82, 2.24) is 14.9 Å². The van der Waals surface area contributed by atoms with Gasteiger partial charge >= 0.3 is 0 Å². The van der Waals surface area contributed by atoms with Gasteiger partial charge in [0.05, 0.1) is 10.6 Å². The van der Waals surface area contributed by atoms with Crippen LogP contribution in [-0.4, -0.2) is 21.4 Å². The average Bonchev–Trinajstić information content (AvgIpc) is 2.41. The molecule has 1 unspecified atom stereocenters. The van der Waals surface area contributed by atoms with Gasteiger partial charge < -0.3 is 0 Å². The van der Waals surface area contributed by atoms with Gasteiger partial charge in [0.15, 0.2) is 0 Å². The molecule has 1 aromatic heterocycles. The number of hydrogen-bond donors (Lipinski definition) is 1. The van der Waals surface area contributed by atoms with Gasteiger partial charge in [0.25, 0.3) is 5.56 Å². The molecule has 0 bridgehead atoms. The van der Waals surface area contributed by atoms with Crippen molar-refractivity contribution in [2.24, 2.45) is 0 Å². The zero-order valence-electron chi connectivity index (χ0n) is 12.0. The molecule has 2 amide bonds. The highest BCUT2D eigenvalue weighted by Crippen LogP contribution is 2.16. The Morgan fingerprint density at radius 1 is 1.38 bits per heavy atom. The summed E-state index contributed by atoms with van der Waals surface area (Å²) >= 11 is 0. The fraction of sp³-hybridized carbons (Fsp3) is 0.333. The van der Waals surface area contributed by atoms with Crippen LogP contribution < -0.4 is 21.4 Å². The minimum Gasteiger partial charge on any atom is -0.295 e. The van der Waals surface area contributed by atoms with Gasteiger partial charge in [-0.25, -0.2) is 4.98 Å². The molecule has 0 aliphatic carbocycles. The van der Waals surface area contributed by atoms with E-state index in [0.717, 1.165) is 0 Å². The SMILES string of the molecule is C=C/C=c1/nc(C)n(C2CCC(=O)NC2=O)c(=O)/c1=C/C. The van der Waals surface area contributed by atoms with E-state index in [2.05, 4.69) is 16.9 Å². The number of aromatic nitrogens is 2. The summed E-state index contributed by atoms with van der Waals surface area (Å²) in [6.07, 6.45) is 5.39. The van der Waals surface area contributed by atoms with Crippen LogP contribution in [0.3, 0.4) is 0 Å². The maximum Gasteiger partial charge on any atom is 0.261 e. The van der Waals surface area contributed by atoms with Crippen molar-refractivity contribution in [1.29, 1.82) is 0 Å². The fourth-order valence-electron chi connectivity index (χ4n) is 2.48. The van der Waals surface area contributed by atoms with Crippen LogP contribution in [0, 0.1) is 6.92 Å². The Bertz CT molecular complexity index is 790. The van der Waals surface area contributed by atoms with E-state index in [9.17, 15) is 14.4 Å². The summed E-state index contributed by atoms with van der Waals surface area (Å²) in [5, 5.41) is 3.21. The summed E-state index contributed by atoms with van der Waals surface area (Å²) in [4.78, 5) is 40.2. The molecule has 6 nitrogen and oxygen atoms in total. The van der Waals surface area contributed by atoms with Gasteiger partial charge in [0.2, 0.25) is 11.8 Å². The molecule has 1 aromatic rings. The number of aryl methyl sites for hydroxylation is 1. The van der Waals surface area contributed by atoms with Crippen molar-refractivity contribution in [3.05, 3.63) is 39.4 Å². The molecule has 2 rings (SSSR count). The van der Waals surface area contributed by atoms with E-state index in [1.165, 1.54) is 4.57 Å². The zero-order chi connectivity index (χ0) is 15.6. The predicted octanol–water partition coefficient (Wildman–Crippen LogP) is -0.704. The van der Waals surface area contributed by atoms with Gasteiger partial charge in [0, 0.05) is 6.42 Å². The van der Waals surface area contributed by atoms with Crippen molar-refractivity contribution in [2.75, 3.05) is 0 Å². The summed E-state index contributed by atoms with van der Waals surface area (Å²) in [6, 6.07) is -0.695. The number of imide groups is 1. The van der Waals surface area contributed by atoms with E-state index < -0.39 is 11.9 Å². The quantitative estimate of drug-likeness (QED) is 0.729. The maximum absolute atomic E-state index is 12.6. The predicted molar refractivity (Wildman–Crippen MR) is 78.7 cm³/mol. The lowest BCUT2D eigenvalue weighted by molar-refractivity contribution is -0.135. The molecule has 110 valence electrons. The van der Waals surface area contributed by atoms with Crippen molar-refractivity contribution < 1.29 is 9.59 Å². The minimum absolute atomic E-state index is 0.216. The molecule has 1 aliphatic rings. The molecule has 1 fully saturated rings. The number of nitrogens with one attached hydrogen (secondary N) is 1. The molecule has 0 spiro atoms. The van der Waals surface area contributed by atoms with Gasteiger partial charge in [-0.3, -0.25) is 24.3 Å². The molecule has 0 saturated carbocycles. The van der Waals surface area contributed by atoms with Crippen molar-refractivity contribution in [2.45, 2.75) is 32.7 Å². The van der Waals surface area contributed by atoms with E-state index in [4.69, 9.17) is 0 Å². The second-order valence-electron chi connectivity index (χ2n) is 4.79. The van der Waals surface area contributed by atoms with Gasteiger partial charge in [0.1, 0.15) is 11.9 Å². The number of hydrogen-bond acceptors (Lipinski definition) is 4. The van der Waals surface area contributed by atoms with Crippen LogP contribution >= 0.6 is 0 Å². The molecule has 2 heterocycles. The van der Waals surface area contributed by atoms with Crippen molar-refractivity contribution in [3.63, 3.8) is 0 Å². The lowest BCUT2D eigenvalue weighted by Gasteiger charge is -2.24. The number of carbonyl (C=O) groups is 2. The van der Waals surface area contributed by atoms with Crippen LogP contribution in [-0.2, 0) is 9.59 Å². The number of nitrogens with zero attached hydrogens (tertiary/aromatic N) is 2. The van der Waals surface area contributed by atoms with Crippen LogP contribution in [0.5, 0.6) is 0 Å². The third kappa shape index (κ3) is 2.69. The third-order valence-electron chi connectivity index (χ3n) is 3.44. The summed E-state index contributed by atoms with van der Waals surface area (Å²) < 4.78 is 1.36. The highest BCUT2D eigenvalue weighted by atomic mass is 16.2. The summed E-state index contributed by atoms with van der Waals surface area (Å²) in [5.74, 6) is -0.331. The summed E-state index contributed by atoms with van der Waals surface area (Å²) in [7, 11) is 0. The number of amides is 2. The van der Waals surface area contributed by atoms with E-state index in [1.807, 2.05) is 0 Å². The van der Waals surface area contributed by atoms with Crippen LogP contribution in [0.2, 0.25) is 0 Å². The number of allylic oxidation sites excluding steroid dienone is 1. The van der Waals surface area contributed by atoms with Crippen LogP contribution in [0.25, 0.3) is 12.2 Å². The van der Waals surface area contributed by atoms with Gasteiger partial charge in [-0.2, -0.15) is 0 Å². The van der Waals surface area contributed by atoms with E-state index in [1.54, 1.807) is 32.1 Å². The highest BCUT2D eigenvalue weighted by molar-refractivity contribution is 5.99. The van der Waals surface area contributed by atoms with E-state index >= 15 is 0 Å². The average molecular weight is 287 g/mol. The topological polar surface area (TPSA) is 81.1 Å². The van der Waals surface area contributed by atoms with E-state index in [-0.39, 0.29) is 17.9 Å².